The second kappa shape index (κ2) is 18.4. The van der Waals surface area contributed by atoms with Gasteiger partial charge in [0.05, 0.1) is 60.1 Å². The van der Waals surface area contributed by atoms with Crippen molar-refractivity contribution in [2.24, 2.45) is 5.73 Å². The van der Waals surface area contributed by atoms with Gasteiger partial charge in [0.2, 0.25) is 0 Å². The first-order valence-corrected chi connectivity index (χ1v) is 18.6. The Morgan fingerprint density at radius 2 is 1.22 bits per heavy atom. The fourth-order valence-electron chi connectivity index (χ4n) is 7.14. The summed E-state index contributed by atoms with van der Waals surface area (Å²) in [5, 5.41) is 39.0. The van der Waals surface area contributed by atoms with Gasteiger partial charge in [0.15, 0.2) is 12.2 Å². The smallest absolute Gasteiger partial charge is 0.334 e. The van der Waals surface area contributed by atoms with Gasteiger partial charge >= 0.3 is 5.97 Å². The van der Waals surface area contributed by atoms with Crippen LogP contribution in [0.1, 0.15) is 50.9 Å². The Hall–Kier alpha value is -5.30. The Kier molecular flexibility index (Phi) is 13.1. The Labute approximate surface area is 319 Å². The molecule has 4 aliphatic heterocycles. The molecule has 0 unspecified atom stereocenters. The number of aromatic nitrogens is 4. The van der Waals surface area contributed by atoms with Crippen LogP contribution in [0.3, 0.4) is 0 Å². The lowest BCUT2D eigenvalue weighted by Crippen LogP contribution is -2.54. The van der Waals surface area contributed by atoms with Crippen molar-refractivity contribution in [3.8, 4) is 12.1 Å². The van der Waals surface area contributed by atoms with Crippen molar-refractivity contribution in [2.45, 2.75) is 76.0 Å². The Morgan fingerprint density at radius 3 is 1.67 bits per heavy atom. The summed E-state index contributed by atoms with van der Waals surface area (Å²) < 4.78 is 24.9. The van der Waals surface area contributed by atoms with Crippen LogP contribution in [0.5, 0.6) is 0 Å². The minimum Gasteiger partial charge on any atom is -0.479 e. The van der Waals surface area contributed by atoms with E-state index in [-0.39, 0.29) is 30.7 Å². The number of rotatable bonds is 5. The maximum atomic E-state index is 12.7. The summed E-state index contributed by atoms with van der Waals surface area (Å²) in [5.41, 5.74) is 9.92. The molecule has 8 rings (SSSR count). The highest BCUT2D eigenvalue weighted by atomic mass is 16.5. The summed E-state index contributed by atoms with van der Waals surface area (Å²) in [4.78, 5) is 28.0. The van der Waals surface area contributed by atoms with Gasteiger partial charge < -0.3 is 44.9 Å². The molecule has 8 heterocycles. The number of fused-ring (bicyclic) bond motifs is 2. The zero-order valence-corrected chi connectivity index (χ0v) is 31.1. The summed E-state index contributed by atoms with van der Waals surface area (Å²) in [6.45, 7) is 8.91. The Morgan fingerprint density at radius 1 is 0.745 bits per heavy atom. The van der Waals surface area contributed by atoms with E-state index in [0.717, 1.165) is 61.3 Å². The van der Waals surface area contributed by atoms with Gasteiger partial charge in [-0.2, -0.15) is 20.7 Å². The maximum absolute atomic E-state index is 12.7. The molecule has 17 nitrogen and oxygen atoms in total. The van der Waals surface area contributed by atoms with E-state index in [4.69, 9.17) is 35.0 Å². The van der Waals surface area contributed by atoms with Crippen LogP contribution in [-0.4, -0.2) is 125 Å². The number of carboxylic acid groups (broad SMARTS) is 1. The first-order chi connectivity index (χ1) is 26.6. The zero-order chi connectivity index (χ0) is 38.9. The molecular weight excluding hydrogens is 708 g/mol. The third-order valence-electron chi connectivity index (χ3n) is 9.90. The average molecular weight is 757 g/mol. The fourth-order valence-corrected chi connectivity index (χ4v) is 7.14. The van der Waals surface area contributed by atoms with Crippen LogP contribution >= 0.6 is 0 Å². The predicted molar refractivity (Wildman–Crippen MR) is 201 cm³/mol. The molecule has 4 aromatic rings. The van der Waals surface area contributed by atoms with Gasteiger partial charge in [0.25, 0.3) is 5.91 Å². The highest BCUT2D eigenvalue weighted by molar-refractivity contribution is 5.83. The largest absolute Gasteiger partial charge is 0.479 e. The number of ether oxygens (including phenoxy) is 4. The number of pyridine rings is 2. The highest BCUT2D eigenvalue weighted by Gasteiger charge is 2.33. The number of carbonyl (C=O) groups is 2. The number of nitrogens with two attached hydrogens (primary N) is 1. The summed E-state index contributed by atoms with van der Waals surface area (Å²) >= 11 is 0. The normalized spacial score (nSPS) is 23.4. The second-order valence-corrected chi connectivity index (χ2v) is 14.1. The molecule has 4 fully saturated rings. The summed E-state index contributed by atoms with van der Waals surface area (Å²) in [6.07, 6.45) is 5.41. The average Bonchev–Trinajstić information content (AvgIpc) is 3.89. The molecule has 0 saturated carbocycles. The van der Waals surface area contributed by atoms with Crippen molar-refractivity contribution in [3.63, 3.8) is 0 Å². The molecule has 0 spiro atoms. The lowest BCUT2D eigenvalue weighted by molar-refractivity contribution is -0.154. The standard InChI is InChI=1S/C19H23N5O3.C14H14N4O3.C5H11NO/c1-13-11-23(16-3-2-15(10-20)24-17(16)4-7-21-24)12-18(27-13)19(25)22-14-5-8-26-9-6-14;1-9-7-17(8-13(21-9)14(19)20)11-3-2-10(6-15)18-12(11)4-5-16-18;6-5-1-3-7-4-2-5/h2-4,7,13-14,18H,5-6,8-9,11-12H2,1H3,(H,22,25);2-5,9,13H,7-8H2,1H3,(H,19,20);5H,1-4,6H2/t13-,18-;9-,13-;/m11./s1. The molecule has 4 saturated heterocycles. The third-order valence-corrected chi connectivity index (χ3v) is 9.90. The number of hydrogen-bond acceptors (Lipinski definition) is 13. The molecule has 0 aliphatic carbocycles. The minimum atomic E-state index is -0.968. The van der Waals surface area contributed by atoms with E-state index in [1.54, 1.807) is 33.6 Å². The lowest BCUT2D eigenvalue weighted by Gasteiger charge is -2.38. The number of carboxylic acids is 1. The Balaban J connectivity index is 0.000000162. The molecule has 17 heteroatoms. The summed E-state index contributed by atoms with van der Waals surface area (Å²) in [6, 6.07) is 15.7. The van der Waals surface area contributed by atoms with E-state index in [1.807, 2.05) is 43.0 Å². The number of amides is 1. The van der Waals surface area contributed by atoms with Gasteiger partial charge in [0, 0.05) is 51.6 Å². The number of nitrogens with one attached hydrogen (secondary N) is 1. The van der Waals surface area contributed by atoms with Crippen molar-refractivity contribution in [2.75, 3.05) is 62.4 Å². The summed E-state index contributed by atoms with van der Waals surface area (Å²) in [5.74, 6) is -1.04. The van der Waals surface area contributed by atoms with E-state index in [9.17, 15) is 14.9 Å². The van der Waals surface area contributed by atoms with Crippen LogP contribution in [0.4, 0.5) is 11.4 Å². The van der Waals surface area contributed by atoms with E-state index in [1.165, 1.54) is 0 Å². The molecule has 4 aromatic heterocycles. The first kappa shape index (κ1) is 39.4. The topological polar surface area (TPSA) is 218 Å². The molecule has 4 aliphatic rings. The number of anilines is 2. The molecule has 0 aromatic carbocycles. The molecular formula is C38H48N10O7. The molecule has 0 radical (unpaired) electrons. The van der Waals surface area contributed by atoms with Gasteiger partial charge in [-0.1, -0.05) is 0 Å². The summed E-state index contributed by atoms with van der Waals surface area (Å²) in [7, 11) is 0. The van der Waals surface area contributed by atoms with Crippen LogP contribution in [0.2, 0.25) is 0 Å². The molecule has 55 heavy (non-hydrogen) atoms. The van der Waals surface area contributed by atoms with E-state index >= 15 is 0 Å². The number of carbonyl (C=O) groups excluding carboxylic acids is 1. The Bertz CT molecular complexity index is 2010. The van der Waals surface area contributed by atoms with Crippen LogP contribution in [-0.2, 0) is 28.5 Å². The maximum Gasteiger partial charge on any atom is 0.334 e. The molecule has 4 atom stereocenters. The number of hydrogen-bond donors (Lipinski definition) is 3. The monoisotopic (exact) mass is 756 g/mol. The molecule has 1 amide bonds. The van der Waals surface area contributed by atoms with Gasteiger partial charge in [0.1, 0.15) is 23.5 Å². The first-order valence-electron chi connectivity index (χ1n) is 18.6. The third kappa shape index (κ3) is 9.69. The van der Waals surface area contributed by atoms with Crippen LogP contribution in [0.25, 0.3) is 11.0 Å². The van der Waals surface area contributed by atoms with Crippen molar-refractivity contribution >= 4 is 34.3 Å². The second-order valence-electron chi connectivity index (χ2n) is 14.1. The fraction of sp³-hybridized carbons (Fsp3) is 0.526. The molecule has 292 valence electrons. The van der Waals surface area contributed by atoms with Gasteiger partial charge in [-0.05, 0) is 75.9 Å². The quantitative estimate of drug-likeness (QED) is 0.266. The number of nitriles is 2. The van der Waals surface area contributed by atoms with Crippen LogP contribution < -0.4 is 20.9 Å². The van der Waals surface area contributed by atoms with Gasteiger partial charge in [-0.15, -0.1) is 0 Å². The van der Waals surface area contributed by atoms with Gasteiger partial charge in [-0.25, -0.2) is 13.8 Å². The highest BCUT2D eigenvalue weighted by Crippen LogP contribution is 2.28. The SMILES string of the molecule is C[C@@H]1CN(c2ccc(C#N)n3nccc23)C[C@H](C(=O)NC2CCOCC2)O1.C[C@@H]1CN(c2ccc(C#N)n3nccc23)C[C@H](C(=O)O)O1.NC1CCOCC1. The molecule has 0 bridgehead atoms. The van der Waals surface area contributed by atoms with E-state index in [0.29, 0.717) is 50.3 Å². The van der Waals surface area contributed by atoms with Crippen LogP contribution in [0, 0.1) is 22.7 Å². The lowest BCUT2D eigenvalue weighted by atomic mass is 10.1. The van der Waals surface area contributed by atoms with Crippen molar-refractivity contribution in [1.29, 1.82) is 10.5 Å². The minimum absolute atomic E-state index is 0.0726. The predicted octanol–water partition coefficient (Wildman–Crippen LogP) is 2.10. The van der Waals surface area contributed by atoms with Crippen molar-refractivity contribution < 1.29 is 33.6 Å². The number of nitrogens with zero attached hydrogens (tertiary/aromatic N) is 8. The van der Waals surface area contributed by atoms with Crippen molar-refractivity contribution in [1.82, 2.24) is 24.5 Å². The number of morpholine rings is 2. The number of aliphatic carboxylic acids is 1. The van der Waals surface area contributed by atoms with Crippen LogP contribution in [0.15, 0.2) is 48.8 Å². The van der Waals surface area contributed by atoms with Crippen molar-refractivity contribution in [3.05, 3.63) is 60.2 Å². The van der Waals surface area contributed by atoms with Gasteiger partial charge in [-0.3, -0.25) is 4.79 Å². The van der Waals surface area contributed by atoms with E-state index in [2.05, 4.69) is 32.6 Å². The zero-order valence-electron chi connectivity index (χ0n) is 31.1. The van der Waals surface area contributed by atoms with E-state index < -0.39 is 18.2 Å². The molecule has 4 N–H and O–H groups in total.